The minimum atomic E-state index is -0.0401. The van der Waals surface area contributed by atoms with Crippen LogP contribution in [0.3, 0.4) is 0 Å². The van der Waals surface area contributed by atoms with Gasteiger partial charge in [0.15, 0.2) is 0 Å². The standard InChI is InChI=1S/C14H22N2O/c1-5-10(2)9-15-14-8-13(16-12(4)17)7-6-11(14)3/h6-8,10,15H,5,9H2,1-4H3,(H,16,17). The summed E-state index contributed by atoms with van der Waals surface area (Å²) in [5.41, 5.74) is 3.13. The molecule has 0 saturated heterocycles. The largest absolute Gasteiger partial charge is 0.385 e. The molecule has 2 N–H and O–H groups in total. The molecule has 3 heteroatoms. The van der Waals surface area contributed by atoms with Crippen LogP contribution < -0.4 is 10.6 Å². The molecule has 1 aromatic rings. The molecule has 0 radical (unpaired) electrons. The van der Waals surface area contributed by atoms with Crippen LogP contribution in [0.15, 0.2) is 18.2 Å². The van der Waals surface area contributed by atoms with Crippen LogP contribution >= 0.6 is 0 Å². The Morgan fingerprint density at radius 2 is 2.12 bits per heavy atom. The lowest BCUT2D eigenvalue weighted by atomic mass is 10.1. The predicted octanol–water partition coefficient (Wildman–Crippen LogP) is 3.41. The van der Waals surface area contributed by atoms with Gasteiger partial charge < -0.3 is 10.6 Å². The van der Waals surface area contributed by atoms with E-state index >= 15 is 0 Å². The van der Waals surface area contributed by atoms with Crippen molar-refractivity contribution < 1.29 is 4.79 Å². The summed E-state index contributed by atoms with van der Waals surface area (Å²) < 4.78 is 0. The summed E-state index contributed by atoms with van der Waals surface area (Å²) in [4.78, 5) is 11.0. The number of aryl methyl sites for hydroxylation is 1. The monoisotopic (exact) mass is 234 g/mol. The molecule has 0 saturated carbocycles. The summed E-state index contributed by atoms with van der Waals surface area (Å²) in [7, 11) is 0. The topological polar surface area (TPSA) is 41.1 Å². The number of rotatable bonds is 5. The Bertz CT molecular complexity index is 388. The maximum atomic E-state index is 11.0. The zero-order valence-electron chi connectivity index (χ0n) is 11.1. The van der Waals surface area contributed by atoms with Crippen molar-refractivity contribution in [1.29, 1.82) is 0 Å². The van der Waals surface area contributed by atoms with Gasteiger partial charge in [-0.15, -0.1) is 0 Å². The molecule has 1 atom stereocenters. The summed E-state index contributed by atoms with van der Waals surface area (Å²) in [6, 6.07) is 5.93. The minimum Gasteiger partial charge on any atom is -0.385 e. The van der Waals surface area contributed by atoms with Gasteiger partial charge >= 0.3 is 0 Å². The van der Waals surface area contributed by atoms with Gasteiger partial charge in [0.05, 0.1) is 0 Å². The van der Waals surface area contributed by atoms with E-state index in [2.05, 4.69) is 31.4 Å². The molecule has 1 aromatic carbocycles. The van der Waals surface area contributed by atoms with E-state index in [0.717, 1.165) is 24.3 Å². The second-order valence-electron chi connectivity index (χ2n) is 4.61. The normalized spacial score (nSPS) is 12.0. The van der Waals surface area contributed by atoms with Crippen molar-refractivity contribution in [3.63, 3.8) is 0 Å². The third kappa shape index (κ3) is 4.47. The maximum Gasteiger partial charge on any atom is 0.221 e. The number of anilines is 2. The van der Waals surface area contributed by atoms with E-state index in [4.69, 9.17) is 0 Å². The zero-order valence-corrected chi connectivity index (χ0v) is 11.1. The summed E-state index contributed by atoms with van der Waals surface area (Å²) >= 11 is 0. The third-order valence-electron chi connectivity index (χ3n) is 2.90. The van der Waals surface area contributed by atoms with Crippen LogP contribution in [0.4, 0.5) is 11.4 Å². The fourth-order valence-electron chi connectivity index (χ4n) is 1.52. The minimum absolute atomic E-state index is 0.0401. The summed E-state index contributed by atoms with van der Waals surface area (Å²) in [5, 5.41) is 6.22. The molecular formula is C14H22N2O. The van der Waals surface area contributed by atoms with Crippen molar-refractivity contribution in [1.82, 2.24) is 0 Å². The number of carbonyl (C=O) groups is 1. The van der Waals surface area contributed by atoms with Crippen LogP contribution in [0.5, 0.6) is 0 Å². The van der Waals surface area contributed by atoms with Gasteiger partial charge in [0.25, 0.3) is 0 Å². The van der Waals surface area contributed by atoms with Gasteiger partial charge in [-0.25, -0.2) is 0 Å². The van der Waals surface area contributed by atoms with Crippen LogP contribution in [0, 0.1) is 12.8 Å². The first-order valence-electron chi connectivity index (χ1n) is 6.15. The Morgan fingerprint density at radius 1 is 1.41 bits per heavy atom. The molecule has 0 aliphatic carbocycles. The molecule has 1 amide bonds. The number of hydrogen-bond donors (Lipinski definition) is 2. The Balaban J connectivity index is 2.72. The first-order valence-corrected chi connectivity index (χ1v) is 6.15. The molecule has 0 aromatic heterocycles. The van der Waals surface area contributed by atoms with Gasteiger partial charge in [-0.1, -0.05) is 26.3 Å². The fourth-order valence-corrected chi connectivity index (χ4v) is 1.52. The van der Waals surface area contributed by atoms with E-state index in [0.29, 0.717) is 5.92 Å². The Labute approximate surface area is 104 Å². The Morgan fingerprint density at radius 3 is 2.71 bits per heavy atom. The van der Waals surface area contributed by atoms with Gasteiger partial charge in [-0.05, 0) is 30.5 Å². The van der Waals surface area contributed by atoms with Gasteiger partial charge in [-0.3, -0.25) is 4.79 Å². The number of hydrogen-bond acceptors (Lipinski definition) is 2. The number of carbonyl (C=O) groups excluding carboxylic acids is 1. The lowest BCUT2D eigenvalue weighted by Gasteiger charge is -2.14. The first kappa shape index (κ1) is 13.6. The highest BCUT2D eigenvalue weighted by Gasteiger charge is 2.03. The van der Waals surface area contributed by atoms with Crippen LogP contribution in [-0.4, -0.2) is 12.5 Å². The van der Waals surface area contributed by atoms with Crippen molar-refractivity contribution in [2.75, 3.05) is 17.2 Å². The molecule has 0 bridgehead atoms. The lowest BCUT2D eigenvalue weighted by molar-refractivity contribution is -0.114. The third-order valence-corrected chi connectivity index (χ3v) is 2.90. The van der Waals surface area contributed by atoms with Crippen LogP contribution in [0.2, 0.25) is 0 Å². The summed E-state index contributed by atoms with van der Waals surface area (Å²) in [5.74, 6) is 0.612. The molecule has 0 heterocycles. The molecule has 94 valence electrons. The van der Waals surface area contributed by atoms with Crippen LogP contribution in [0.1, 0.15) is 32.8 Å². The number of benzene rings is 1. The van der Waals surface area contributed by atoms with Crippen molar-refractivity contribution in [2.45, 2.75) is 34.1 Å². The fraction of sp³-hybridized carbons (Fsp3) is 0.500. The molecule has 1 rings (SSSR count). The molecule has 3 nitrogen and oxygen atoms in total. The molecule has 17 heavy (non-hydrogen) atoms. The highest BCUT2D eigenvalue weighted by molar-refractivity contribution is 5.89. The molecule has 0 aliphatic rings. The second kappa shape index (κ2) is 6.28. The van der Waals surface area contributed by atoms with Crippen molar-refractivity contribution in [3.05, 3.63) is 23.8 Å². The van der Waals surface area contributed by atoms with Gasteiger partial charge in [0.2, 0.25) is 5.91 Å². The van der Waals surface area contributed by atoms with Crippen molar-refractivity contribution in [3.8, 4) is 0 Å². The smallest absolute Gasteiger partial charge is 0.221 e. The highest BCUT2D eigenvalue weighted by atomic mass is 16.1. The lowest BCUT2D eigenvalue weighted by Crippen LogP contribution is -2.12. The first-order chi connectivity index (χ1) is 8.02. The molecule has 0 spiro atoms. The Hall–Kier alpha value is -1.51. The zero-order chi connectivity index (χ0) is 12.8. The van der Waals surface area contributed by atoms with E-state index in [9.17, 15) is 4.79 Å². The molecule has 0 fully saturated rings. The highest BCUT2D eigenvalue weighted by Crippen LogP contribution is 2.20. The van der Waals surface area contributed by atoms with Gasteiger partial charge in [0.1, 0.15) is 0 Å². The predicted molar refractivity (Wildman–Crippen MR) is 73.4 cm³/mol. The van der Waals surface area contributed by atoms with Gasteiger partial charge in [0, 0.05) is 24.8 Å². The van der Waals surface area contributed by atoms with E-state index in [1.54, 1.807) is 0 Å². The SMILES string of the molecule is CCC(C)CNc1cc(NC(C)=O)ccc1C. The second-order valence-corrected chi connectivity index (χ2v) is 4.61. The quantitative estimate of drug-likeness (QED) is 0.819. The summed E-state index contributed by atoms with van der Waals surface area (Å²) in [6.07, 6.45) is 1.16. The molecular weight excluding hydrogens is 212 g/mol. The number of amides is 1. The van der Waals surface area contributed by atoms with E-state index < -0.39 is 0 Å². The van der Waals surface area contributed by atoms with E-state index in [1.165, 1.54) is 12.5 Å². The molecule has 1 unspecified atom stereocenters. The average Bonchev–Trinajstić information content (AvgIpc) is 2.28. The Kier molecular flexibility index (Phi) is 5.01. The number of nitrogens with one attached hydrogen (secondary N) is 2. The van der Waals surface area contributed by atoms with Crippen LogP contribution in [0.25, 0.3) is 0 Å². The van der Waals surface area contributed by atoms with Crippen LogP contribution in [-0.2, 0) is 4.79 Å². The van der Waals surface area contributed by atoms with Gasteiger partial charge in [-0.2, -0.15) is 0 Å². The summed E-state index contributed by atoms with van der Waals surface area (Å²) in [6.45, 7) is 8.95. The van der Waals surface area contributed by atoms with Crippen molar-refractivity contribution >= 4 is 17.3 Å². The maximum absolute atomic E-state index is 11.0. The van der Waals surface area contributed by atoms with E-state index in [1.807, 2.05) is 18.2 Å². The van der Waals surface area contributed by atoms with E-state index in [-0.39, 0.29) is 5.91 Å². The van der Waals surface area contributed by atoms with Crippen molar-refractivity contribution in [2.24, 2.45) is 5.92 Å². The average molecular weight is 234 g/mol. The molecule has 0 aliphatic heterocycles.